The standard InChI is InChI=1S/C9H14N2O7/c1-11-7(16)9(10-8(11)17)6(15)5(14)4(13)3(2-12)18-9/h3-6,12-15H,2H2,1H3,(H,10,17)/t3?,4?,5?,6?,9-/m1/s1. The Balaban J connectivity index is 2.38. The lowest BCUT2D eigenvalue weighted by atomic mass is 9.90. The highest BCUT2D eigenvalue weighted by molar-refractivity contribution is 6.06. The number of carbonyl (C=O) groups excluding carboxylic acids is 2. The molecule has 2 rings (SSSR count). The number of imide groups is 1. The van der Waals surface area contributed by atoms with Gasteiger partial charge in [0.25, 0.3) is 11.6 Å². The zero-order valence-corrected chi connectivity index (χ0v) is 9.48. The van der Waals surface area contributed by atoms with E-state index in [1.807, 2.05) is 0 Å². The molecule has 2 heterocycles. The van der Waals surface area contributed by atoms with Crippen LogP contribution in [0.4, 0.5) is 4.79 Å². The van der Waals surface area contributed by atoms with Gasteiger partial charge in [-0.1, -0.05) is 0 Å². The number of likely N-dealkylation sites (N-methyl/N-ethyl adjacent to an activating group) is 1. The van der Waals surface area contributed by atoms with Crippen LogP contribution in [0.5, 0.6) is 0 Å². The fourth-order valence-corrected chi connectivity index (χ4v) is 2.09. The molecule has 9 heteroatoms. The lowest BCUT2D eigenvalue weighted by Gasteiger charge is -2.44. The van der Waals surface area contributed by atoms with Crippen molar-refractivity contribution in [1.29, 1.82) is 0 Å². The lowest BCUT2D eigenvalue weighted by molar-refractivity contribution is -0.268. The predicted molar refractivity (Wildman–Crippen MR) is 54.0 cm³/mol. The van der Waals surface area contributed by atoms with Gasteiger partial charge in [-0.05, 0) is 0 Å². The number of aliphatic hydroxyl groups is 4. The number of carbonyl (C=O) groups is 2. The van der Waals surface area contributed by atoms with Crippen molar-refractivity contribution in [3.05, 3.63) is 0 Å². The maximum Gasteiger partial charge on any atom is 0.326 e. The van der Waals surface area contributed by atoms with E-state index in [9.17, 15) is 24.9 Å². The second kappa shape index (κ2) is 4.14. The average molecular weight is 262 g/mol. The minimum absolute atomic E-state index is 0.681. The number of nitrogens with one attached hydrogen (secondary N) is 1. The summed E-state index contributed by atoms with van der Waals surface area (Å²) in [5.74, 6) is -0.899. The molecule has 1 spiro atoms. The number of aliphatic hydroxyl groups excluding tert-OH is 4. The minimum Gasteiger partial charge on any atom is -0.394 e. The first kappa shape index (κ1) is 13.2. The molecule has 5 atom stereocenters. The average Bonchev–Trinajstić information content (AvgIpc) is 2.57. The molecule has 0 radical (unpaired) electrons. The molecule has 18 heavy (non-hydrogen) atoms. The molecule has 3 amide bonds. The second-order valence-electron chi connectivity index (χ2n) is 4.29. The van der Waals surface area contributed by atoms with Gasteiger partial charge in [-0.15, -0.1) is 0 Å². The van der Waals surface area contributed by atoms with Crippen molar-refractivity contribution >= 4 is 11.9 Å². The highest BCUT2D eigenvalue weighted by Gasteiger charge is 2.63. The maximum absolute atomic E-state index is 11.9. The van der Waals surface area contributed by atoms with Gasteiger partial charge in [0.05, 0.1) is 6.61 Å². The first-order chi connectivity index (χ1) is 8.35. The van der Waals surface area contributed by atoms with Gasteiger partial charge in [0.15, 0.2) is 0 Å². The molecule has 2 aliphatic rings. The Hall–Kier alpha value is -1.26. The molecule has 0 aliphatic carbocycles. The van der Waals surface area contributed by atoms with Crippen molar-refractivity contribution in [3.63, 3.8) is 0 Å². The third kappa shape index (κ3) is 1.52. The van der Waals surface area contributed by atoms with Crippen LogP contribution < -0.4 is 5.32 Å². The number of hydrogen-bond acceptors (Lipinski definition) is 7. The SMILES string of the molecule is CN1C(=O)N[C@]2(OC(CO)C(O)C(O)C2O)C1=O. The van der Waals surface area contributed by atoms with Gasteiger partial charge >= 0.3 is 6.03 Å². The summed E-state index contributed by atoms with van der Waals surface area (Å²) >= 11 is 0. The van der Waals surface area contributed by atoms with Crippen molar-refractivity contribution < 1.29 is 34.8 Å². The summed E-state index contributed by atoms with van der Waals surface area (Å²) in [5, 5.41) is 40.2. The Labute approximate surface area is 102 Å². The maximum atomic E-state index is 11.9. The van der Waals surface area contributed by atoms with Crippen LogP contribution in [0.1, 0.15) is 0 Å². The smallest absolute Gasteiger partial charge is 0.326 e. The van der Waals surface area contributed by atoms with Gasteiger partial charge in [0.1, 0.15) is 24.4 Å². The molecule has 102 valence electrons. The number of rotatable bonds is 1. The van der Waals surface area contributed by atoms with Gasteiger partial charge in [-0.3, -0.25) is 15.0 Å². The molecule has 0 aromatic carbocycles. The molecule has 4 unspecified atom stereocenters. The number of urea groups is 1. The molecule has 5 N–H and O–H groups in total. The Morgan fingerprint density at radius 2 is 1.94 bits per heavy atom. The molecule has 2 aliphatic heterocycles. The van der Waals surface area contributed by atoms with Crippen molar-refractivity contribution in [2.75, 3.05) is 13.7 Å². The van der Waals surface area contributed by atoms with E-state index in [4.69, 9.17) is 9.84 Å². The van der Waals surface area contributed by atoms with E-state index >= 15 is 0 Å². The van der Waals surface area contributed by atoms with Crippen LogP contribution in [-0.2, 0) is 9.53 Å². The fraction of sp³-hybridized carbons (Fsp3) is 0.778. The van der Waals surface area contributed by atoms with Crippen LogP contribution >= 0.6 is 0 Å². The highest BCUT2D eigenvalue weighted by Crippen LogP contribution is 2.32. The Bertz CT molecular complexity index is 387. The number of ether oxygens (including phenoxy) is 1. The molecular formula is C9H14N2O7. The molecule has 2 fully saturated rings. The van der Waals surface area contributed by atoms with Gasteiger partial charge in [-0.25, -0.2) is 4.79 Å². The Kier molecular flexibility index (Phi) is 3.03. The van der Waals surface area contributed by atoms with E-state index in [0.29, 0.717) is 4.90 Å². The Morgan fingerprint density at radius 1 is 1.33 bits per heavy atom. The topological polar surface area (TPSA) is 140 Å². The van der Waals surface area contributed by atoms with Crippen LogP contribution in [-0.4, -0.2) is 81.1 Å². The third-order valence-corrected chi connectivity index (χ3v) is 3.21. The van der Waals surface area contributed by atoms with Crippen LogP contribution in [0.15, 0.2) is 0 Å². The van der Waals surface area contributed by atoms with Crippen LogP contribution in [0.25, 0.3) is 0 Å². The van der Waals surface area contributed by atoms with E-state index in [2.05, 4.69) is 5.32 Å². The van der Waals surface area contributed by atoms with E-state index in [0.717, 1.165) is 0 Å². The number of hydrogen-bond donors (Lipinski definition) is 5. The second-order valence-corrected chi connectivity index (χ2v) is 4.29. The predicted octanol–water partition coefficient (Wildman–Crippen LogP) is -3.66. The normalized spacial score (nSPS) is 44.6. The summed E-state index contributed by atoms with van der Waals surface area (Å²) in [7, 11) is 1.17. The first-order valence-electron chi connectivity index (χ1n) is 5.28. The van der Waals surface area contributed by atoms with Gasteiger partial charge < -0.3 is 25.2 Å². The summed E-state index contributed by atoms with van der Waals surface area (Å²) in [4.78, 5) is 24.0. The van der Waals surface area contributed by atoms with Crippen LogP contribution in [0.2, 0.25) is 0 Å². The Morgan fingerprint density at radius 3 is 2.39 bits per heavy atom. The molecule has 0 saturated carbocycles. The van der Waals surface area contributed by atoms with E-state index in [-0.39, 0.29) is 0 Å². The highest BCUT2D eigenvalue weighted by atomic mass is 16.6. The zero-order valence-electron chi connectivity index (χ0n) is 9.48. The van der Waals surface area contributed by atoms with E-state index in [1.54, 1.807) is 0 Å². The van der Waals surface area contributed by atoms with Crippen molar-refractivity contribution in [2.45, 2.75) is 30.1 Å². The molecular weight excluding hydrogens is 248 g/mol. The fourth-order valence-electron chi connectivity index (χ4n) is 2.09. The van der Waals surface area contributed by atoms with Gasteiger partial charge in [0, 0.05) is 7.05 Å². The molecule has 0 aromatic rings. The summed E-state index contributed by atoms with van der Waals surface area (Å²) in [5.41, 5.74) is -2.17. The first-order valence-corrected chi connectivity index (χ1v) is 5.28. The molecule has 9 nitrogen and oxygen atoms in total. The van der Waals surface area contributed by atoms with E-state index in [1.165, 1.54) is 7.05 Å². The summed E-state index contributed by atoms with van der Waals surface area (Å²) in [6.07, 6.45) is -6.42. The molecule has 0 bridgehead atoms. The van der Waals surface area contributed by atoms with Crippen molar-refractivity contribution in [1.82, 2.24) is 10.2 Å². The monoisotopic (exact) mass is 262 g/mol. The van der Waals surface area contributed by atoms with E-state index < -0.39 is 48.7 Å². The minimum atomic E-state index is -2.17. The number of nitrogens with zero attached hydrogens (tertiary/aromatic N) is 1. The van der Waals surface area contributed by atoms with Crippen molar-refractivity contribution in [3.8, 4) is 0 Å². The quantitative estimate of drug-likeness (QED) is 0.307. The summed E-state index contributed by atoms with van der Waals surface area (Å²) < 4.78 is 5.10. The molecule has 2 saturated heterocycles. The summed E-state index contributed by atoms with van der Waals surface area (Å²) in [6.45, 7) is -0.681. The van der Waals surface area contributed by atoms with Crippen LogP contribution in [0, 0.1) is 0 Å². The van der Waals surface area contributed by atoms with Crippen molar-refractivity contribution in [2.24, 2.45) is 0 Å². The zero-order chi connectivity index (χ0) is 13.7. The van der Waals surface area contributed by atoms with Gasteiger partial charge in [-0.2, -0.15) is 0 Å². The van der Waals surface area contributed by atoms with Crippen LogP contribution in [0.3, 0.4) is 0 Å². The van der Waals surface area contributed by atoms with Gasteiger partial charge in [0.2, 0.25) is 0 Å². The lowest BCUT2D eigenvalue weighted by Crippen LogP contribution is -2.71. The largest absolute Gasteiger partial charge is 0.394 e. The number of amides is 3. The third-order valence-electron chi connectivity index (χ3n) is 3.21. The summed E-state index contributed by atoms with van der Waals surface area (Å²) in [6, 6.07) is -0.806. The molecule has 0 aromatic heterocycles.